The largest absolute Gasteiger partial charge is 0.348 e. The number of fused-ring (bicyclic) bond motifs is 1. The van der Waals surface area contributed by atoms with Gasteiger partial charge >= 0.3 is 0 Å². The van der Waals surface area contributed by atoms with Gasteiger partial charge in [-0.15, -0.1) is 11.3 Å². The fourth-order valence-corrected chi connectivity index (χ4v) is 3.37. The Morgan fingerprint density at radius 1 is 1.24 bits per heavy atom. The zero-order valence-corrected chi connectivity index (χ0v) is 12.4. The van der Waals surface area contributed by atoms with E-state index >= 15 is 0 Å². The molecule has 0 atom stereocenters. The van der Waals surface area contributed by atoms with Gasteiger partial charge in [0.15, 0.2) is 0 Å². The van der Waals surface area contributed by atoms with Crippen molar-refractivity contribution >= 4 is 17.2 Å². The molecule has 4 heteroatoms. The highest BCUT2D eigenvalue weighted by Crippen LogP contribution is 2.22. The van der Waals surface area contributed by atoms with E-state index in [1.54, 1.807) is 0 Å². The van der Waals surface area contributed by atoms with Gasteiger partial charge in [0.1, 0.15) is 0 Å². The van der Waals surface area contributed by atoms with Crippen molar-refractivity contribution in [3.05, 3.63) is 57.3 Å². The van der Waals surface area contributed by atoms with Gasteiger partial charge < -0.3 is 11.1 Å². The van der Waals surface area contributed by atoms with E-state index in [0.717, 1.165) is 17.7 Å². The average Bonchev–Trinajstić information content (AvgIpc) is 3.11. The molecule has 0 aliphatic heterocycles. The Morgan fingerprint density at radius 3 is 2.62 bits per heavy atom. The molecule has 1 aromatic heterocycles. The minimum absolute atomic E-state index is 0.0152. The second-order valence-electron chi connectivity index (χ2n) is 5.02. The summed E-state index contributed by atoms with van der Waals surface area (Å²) in [4.78, 5) is 13.8. The number of rotatable bonds is 2. The SMILES string of the molecule is NCC#Cc1ccc(C(=O)NC2Cc3ccccc3C2)s1. The van der Waals surface area contributed by atoms with Gasteiger partial charge in [-0.05, 0) is 36.1 Å². The monoisotopic (exact) mass is 296 g/mol. The summed E-state index contributed by atoms with van der Waals surface area (Å²) >= 11 is 1.41. The van der Waals surface area contributed by atoms with Crippen LogP contribution in [-0.2, 0) is 12.8 Å². The van der Waals surface area contributed by atoms with E-state index in [1.807, 2.05) is 24.3 Å². The van der Waals surface area contributed by atoms with Crippen LogP contribution in [0.1, 0.15) is 25.7 Å². The predicted octanol–water partition coefficient (Wildman–Crippen LogP) is 1.96. The number of nitrogens with two attached hydrogens (primary N) is 1. The Morgan fingerprint density at radius 2 is 1.95 bits per heavy atom. The second kappa shape index (κ2) is 6.13. The maximum Gasteiger partial charge on any atom is 0.261 e. The van der Waals surface area contributed by atoms with Crippen LogP contribution in [-0.4, -0.2) is 18.5 Å². The van der Waals surface area contributed by atoms with Crippen LogP contribution < -0.4 is 11.1 Å². The topological polar surface area (TPSA) is 55.1 Å². The van der Waals surface area contributed by atoms with Gasteiger partial charge in [-0.25, -0.2) is 0 Å². The molecule has 3 nitrogen and oxygen atoms in total. The van der Waals surface area contributed by atoms with Crippen molar-refractivity contribution in [3.63, 3.8) is 0 Å². The summed E-state index contributed by atoms with van der Waals surface area (Å²) < 4.78 is 0. The molecule has 3 rings (SSSR count). The van der Waals surface area contributed by atoms with Crippen LogP contribution in [0, 0.1) is 11.8 Å². The van der Waals surface area contributed by atoms with Crippen LogP contribution in [0.3, 0.4) is 0 Å². The molecule has 1 aliphatic carbocycles. The zero-order chi connectivity index (χ0) is 14.7. The van der Waals surface area contributed by atoms with Crippen LogP contribution >= 0.6 is 11.3 Å². The van der Waals surface area contributed by atoms with Crippen molar-refractivity contribution in [1.29, 1.82) is 0 Å². The zero-order valence-electron chi connectivity index (χ0n) is 11.6. The van der Waals surface area contributed by atoms with Gasteiger partial charge in [-0.3, -0.25) is 4.79 Å². The third-order valence-corrected chi connectivity index (χ3v) is 4.53. The van der Waals surface area contributed by atoms with Crippen molar-refractivity contribution < 1.29 is 4.79 Å². The number of hydrogen-bond donors (Lipinski definition) is 2. The first-order chi connectivity index (χ1) is 10.3. The molecule has 2 aromatic rings. The number of thiophene rings is 1. The predicted molar refractivity (Wildman–Crippen MR) is 85.4 cm³/mol. The Labute approximate surface area is 128 Å². The normalized spacial score (nSPS) is 13.4. The van der Waals surface area contributed by atoms with Crippen LogP contribution in [0.25, 0.3) is 0 Å². The summed E-state index contributed by atoms with van der Waals surface area (Å²) in [5, 5.41) is 3.11. The van der Waals surface area contributed by atoms with Gasteiger partial charge in [0.05, 0.1) is 16.3 Å². The molecule has 106 valence electrons. The molecule has 0 spiro atoms. The highest BCUT2D eigenvalue weighted by atomic mass is 32.1. The average molecular weight is 296 g/mol. The highest BCUT2D eigenvalue weighted by molar-refractivity contribution is 7.14. The van der Waals surface area contributed by atoms with E-state index in [2.05, 4.69) is 29.3 Å². The molecule has 1 aromatic carbocycles. The van der Waals surface area contributed by atoms with Crippen LogP contribution in [0.5, 0.6) is 0 Å². The van der Waals surface area contributed by atoms with Crippen molar-refractivity contribution in [1.82, 2.24) is 5.32 Å². The van der Waals surface area contributed by atoms with Crippen molar-refractivity contribution in [2.24, 2.45) is 5.73 Å². The van der Waals surface area contributed by atoms with Crippen molar-refractivity contribution in [2.45, 2.75) is 18.9 Å². The van der Waals surface area contributed by atoms with Crippen molar-refractivity contribution in [3.8, 4) is 11.8 Å². The van der Waals surface area contributed by atoms with Gasteiger partial charge in [-0.2, -0.15) is 0 Å². The molecule has 3 N–H and O–H groups in total. The van der Waals surface area contributed by atoms with Gasteiger partial charge in [0.25, 0.3) is 5.91 Å². The Kier molecular flexibility index (Phi) is 4.05. The van der Waals surface area contributed by atoms with E-state index in [9.17, 15) is 4.79 Å². The molecule has 21 heavy (non-hydrogen) atoms. The molecular weight excluding hydrogens is 280 g/mol. The third kappa shape index (κ3) is 3.15. The quantitative estimate of drug-likeness (QED) is 0.832. The molecule has 1 heterocycles. The summed E-state index contributed by atoms with van der Waals surface area (Å²) in [5.41, 5.74) is 8.02. The number of nitrogens with one attached hydrogen (secondary N) is 1. The fourth-order valence-electron chi connectivity index (χ4n) is 2.58. The van der Waals surface area contributed by atoms with Crippen LogP contribution in [0.2, 0.25) is 0 Å². The van der Waals surface area contributed by atoms with E-state index < -0.39 is 0 Å². The van der Waals surface area contributed by atoms with Crippen LogP contribution in [0.15, 0.2) is 36.4 Å². The molecule has 1 amide bonds. The number of benzene rings is 1. The van der Waals surface area contributed by atoms with Gasteiger partial charge in [0.2, 0.25) is 0 Å². The number of carbonyl (C=O) groups excluding carboxylic acids is 1. The molecule has 0 bridgehead atoms. The van der Waals surface area contributed by atoms with Gasteiger partial charge in [-0.1, -0.05) is 36.1 Å². The molecule has 0 saturated heterocycles. The van der Waals surface area contributed by atoms with Crippen molar-refractivity contribution in [2.75, 3.05) is 6.54 Å². The van der Waals surface area contributed by atoms with E-state index in [0.29, 0.717) is 11.4 Å². The van der Waals surface area contributed by atoms with E-state index in [-0.39, 0.29) is 11.9 Å². The first kappa shape index (κ1) is 13.9. The first-order valence-electron chi connectivity index (χ1n) is 6.92. The standard InChI is InChI=1S/C17H16N2OS/c18-9-3-6-15-7-8-16(21-15)17(20)19-14-10-12-4-1-2-5-13(12)11-14/h1-2,4-5,7-8,14H,9-11,18H2,(H,19,20). The summed E-state index contributed by atoms with van der Waals surface area (Å²) in [7, 11) is 0. The molecule has 0 radical (unpaired) electrons. The molecule has 0 unspecified atom stereocenters. The highest BCUT2D eigenvalue weighted by Gasteiger charge is 2.23. The summed E-state index contributed by atoms with van der Waals surface area (Å²) in [6.07, 6.45) is 1.82. The van der Waals surface area contributed by atoms with E-state index in [4.69, 9.17) is 5.73 Å². The molecular formula is C17H16N2OS. The van der Waals surface area contributed by atoms with Crippen LogP contribution in [0.4, 0.5) is 0 Å². The Bertz CT molecular complexity index is 699. The number of amides is 1. The third-order valence-electron chi connectivity index (χ3n) is 3.53. The number of hydrogen-bond acceptors (Lipinski definition) is 3. The maximum atomic E-state index is 12.3. The minimum Gasteiger partial charge on any atom is -0.348 e. The minimum atomic E-state index is -0.0152. The lowest BCUT2D eigenvalue weighted by Crippen LogP contribution is -2.34. The summed E-state index contributed by atoms with van der Waals surface area (Å²) in [6, 6.07) is 12.2. The summed E-state index contributed by atoms with van der Waals surface area (Å²) in [5.74, 6) is 5.73. The molecule has 0 fully saturated rings. The number of carbonyl (C=O) groups is 1. The Hall–Kier alpha value is -2.09. The lowest BCUT2D eigenvalue weighted by atomic mass is 10.1. The summed E-state index contributed by atoms with van der Waals surface area (Å²) in [6.45, 7) is 0.333. The fraction of sp³-hybridized carbons (Fsp3) is 0.235. The second-order valence-corrected chi connectivity index (χ2v) is 6.10. The molecule has 0 saturated carbocycles. The maximum absolute atomic E-state index is 12.3. The smallest absolute Gasteiger partial charge is 0.261 e. The van der Waals surface area contributed by atoms with E-state index in [1.165, 1.54) is 22.5 Å². The molecule has 1 aliphatic rings. The van der Waals surface area contributed by atoms with Gasteiger partial charge in [0, 0.05) is 6.04 Å². The Balaban J connectivity index is 1.64. The lowest BCUT2D eigenvalue weighted by molar-refractivity contribution is 0.0942. The first-order valence-corrected chi connectivity index (χ1v) is 7.74. The lowest BCUT2D eigenvalue weighted by Gasteiger charge is -2.10.